The van der Waals surface area contributed by atoms with Crippen LogP contribution in [0.1, 0.15) is 21.9 Å². The molecule has 0 spiro atoms. The van der Waals surface area contributed by atoms with Crippen molar-refractivity contribution in [1.82, 2.24) is 15.3 Å². The number of aromatic nitrogens is 2. The van der Waals surface area contributed by atoms with Crippen LogP contribution in [0, 0.1) is 6.92 Å². The third kappa shape index (κ3) is 3.16. The molecule has 0 saturated carbocycles. The molecule has 20 heavy (non-hydrogen) atoms. The Morgan fingerprint density at radius 3 is 2.80 bits per heavy atom. The maximum Gasteiger partial charge on any atom is 0.274 e. The summed E-state index contributed by atoms with van der Waals surface area (Å²) >= 11 is 5.84. The van der Waals surface area contributed by atoms with E-state index in [4.69, 9.17) is 11.6 Å². The summed E-state index contributed by atoms with van der Waals surface area (Å²) in [6.07, 6.45) is 0. The first-order chi connectivity index (χ1) is 9.47. The van der Waals surface area contributed by atoms with Crippen LogP contribution in [0.3, 0.4) is 0 Å². The van der Waals surface area contributed by atoms with E-state index in [9.17, 15) is 15.0 Å². The number of amides is 1. The molecule has 0 aliphatic heterocycles. The smallest absolute Gasteiger partial charge is 0.274 e. The minimum Gasteiger partial charge on any atom is -0.501 e. The number of halogens is 1. The Morgan fingerprint density at radius 2 is 2.10 bits per heavy atom. The van der Waals surface area contributed by atoms with Crippen molar-refractivity contribution in [2.24, 2.45) is 0 Å². The van der Waals surface area contributed by atoms with Crippen molar-refractivity contribution in [2.45, 2.75) is 13.5 Å². The first-order valence-electron chi connectivity index (χ1n) is 5.76. The second-order valence-corrected chi connectivity index (χ2v) is 4.54. The Bertz CT molecular complexity index is 661. The van der Waals surface area contributed by atoms with E-state index < -0.39 is 17.5 Å². The molecule has 0 radical (unpaired) electrons. The number of hydrogen-bond donors (Lipinski definition) is 3. The fraction of sp³-hybridized carbons (Fsp3) is 0.154. The van der Waals surface area contributed by atoms with Gasteiger partial charge >= 0.3 is 0 Å². The molecule has 0 aliphatic carbocycles. The molecule has 0 atom stereocenters. The highest BCUT2D eigenvalue weighted by Gasteiger charge is 2.18. The van der Waals surface area contributed by atoms with Gasteiger partial charge in [0.2, 0.25) is 5.75 Å². The zero-order chi connectivity index (χ0) is 14.7. The number of nitrogens with one attached hydrogen (secondary N) is 1. The number of rotatable bonds is 3. The monoisotopic (exact) mass is 293 g/mol. The number of carbonyl (C=O) groups is 1. The summed E-state index contributed by atoms with van der Waals surface area (Å²) in [4.78, 5) is 19.3. The molecule has 1 heterocycles. The van der Waals surface area contributed by atoms with E-state index in [1.807, 2.05) is 0 Å². The normalized spacial score (nSPS) is 10.3. The largest absolute Gasteiger partial charge is 0.501 e. The van der Waals surface area contributed by atoms with Crippen LogP contribution >= 0.6 is 11.6 Å². The summed E-state index contributed by atoms with van der Waals surface area (Å²) in [6, 6.07) is 7.01. The predicted octanol–water partition coefficient (Wildman–Crippen LogP) is 1.78. The second kappa shape index (κ2) is 5.75. The van der Waals surface area contributed by atoms with Crippen LogP contribution in [0.15, 0.2) is 24.3 Å². The van der Waals surface area contributed by atoms with Crippen LogP contribution in [-0.2, 0) is 6.54 Å². The second-order valence-electron chi connectivity index (χ2n) is 4.10. The minimum absolute atomic E-state index is 0.188. The Morgan fingerprint density at radius 1 is 1.35 bits per heavy atom. The number of carbonyl (C=O) groups excluding carboxylic acids is 1. The molecule has 0 aliphatic rings. The van der Waals surface area contributed by atoms with Gasteiger partial charge in [-0.05, 0) is 24.6 Å². The van der Waals surface area contributed by atoms with Gasteiger partial charge in [0.25, 0.3) is 11.8 Å². The van der Waals surface area contributed by atoms with E-state index in [0.29, 0.717) is 5.02 Å². The summed E-state index contributed by atoms with van der Waals surface area (Å²) in [5.41, 5.74) is 0.539. The molecule has 104 valence electrons. The molecule has 6 nitrogen and oxygen atoms in total. The van der Waals surface area contributed by atoms with Crippen LogP contribution in [0.4, 0.5) is 0 Å². The van der Waals surface area contributed by atoms with Gasteiger partial charge in [0.05, 0.1) is 0 Å². The Hall–Kier alpha value is -2.34. The molecule has 0 bridgehead atoms. The average molecular weight is 294 g/mol. The molecule has 2 rings (SSSR count). The van der Waals surface area contributed by atoms with Crippen molar-refractivity contribution >= 4 is 17.5 Å². The van der Waals surface area contributed by atoms with Crippen LogP contribution in [0.25, 0.3) is 0 Å². The molecular formula is C13H12ClN3O3. The molecule has 0 unspecified atom stereocenters. The van der Waals surface area contributed by atoms with Gasteiger partial charge in [-0.3, -0.25) is 4.79 Å². The lowest BCUT2D eigenvalue weighted by molar-refractivity contribution is 0.0941. The molecule has 2 aromatic rings. The predicted molar refractivity (Wildman–Crippen MR) is 72.7 cm³/mol. The van der Waals surface area contributed by atoms with Crippen molar-refractivity contribution in [3.63, 3.8) is 0 Å². The lowest BCUT2D eigenvalue weighted by Crippen LogP contribution is -2.24. The molecule has 0 saturated heterocycles. The highest BCUT2D eigenvalue weighted by Crippen LogP contribution is 2.24. The summed E-state index contributed by atoms with van der Waals surface area (Å²) < 4.78 is 0. The summed E-state index contributed by atoms with van der Waals surface area (Å²) in [7, 11) is 0. The number of aromatic hydroxyl groups is 2. The first kappa shape index (κ1) is 14.1. The quantitative estimate of drug-likeness (QED) is 0.802. The molecular weight excluding hydrogens is 282 g/mol. The SMILES string of the molecule is Cc1nc(O)c(O)c(C(=O)NCc2cccc(Cl)c2)n1. The standard InChI is InChI=1S/C13H12ClN3O3/c1-7-16-10(11(18)13(20)17-7)12(19)15-6-8-3-2-4-9(14)5-8/h2-5,18H,6H2,1H3,(H,15,19)(H,16,17,20). The van der Waals surface area contributed by atoms with Crippen molar-refractivity contribution in [2.75, 3.05) is 0 Å². The number of hydrogen-bond acceptors (Lipinski definition) is 5. The topological polar surface area (TPSA) is 95.3 Å². The summed E-state index contributed by atoms with van der Waals surface area (Å²) in [6.45, 7) is 1.73. The van der Waals surface area contributed by atoms with E-state index >= 15 is 0 Å². The first-order valence-corrected chi connectivity index (χ1v) is 6.14. The zero-order valence-electron chi connectivity index (χ0n) is 10.6. The van der Waals surface area contributed by atoms with Crippen molar-refractivity contribution < 1.29 is 15.0 Å². The summed E-state index contributed by atoms with van der Waals surface area (Å²) in [5, 5.41) is 22.1. The van der Waals surface area contributed by atoms with Crippen molar-refractivity contribution in [3.8, 4) is 11.6 Å². The van der Waals surface area contributed by atoms with Gasteiger partial charge < -0.3 is 15.5 Å². The lowest BCUT2D eigenvalue weighted by Gasteiger charge is -2.07. The molecule has 7 heteroatoms. The van der Waals surface area contributed by atoms with Crippen LogP contribution in [0.5, 0.6) is 11.6 Å². The average Bonchev–Trinajstić information content (AvgIpc) is 2.40. The maximum atomic E-state index is 11.9. The fourth-order valence-corrected chi connectivity index (χ4v) is 1.84. The van der Waals surface area contributed by atoms with Crippen LogP contribution < -0.4 is 5.32 Å². The minimum atomic E-state index is -0.640. The highest BCUT2D eigenvalue weighted by atomic mass is 35.5. The Kier molecular flexibility index (Phi) is 4.05. The fourth-order valence-electron chi connectivity index (χ4n) is 1.62. The van der Waals surface area contributed by atoms with Crippen molar-refractivity contribution in [3.05, 3.63) is 46.4 Å². The highest BCUT2D eigenvalue weighted by molar-refractivity contribution is 6.30. The third-order valence-electron chi connectivity index (χ3n) is 2.53. The van der Waals surface area contributed by atoms with Gasteiger partial charge in [-0.1, -0.05) is 23.7 Å². The third-order valence-corrected chi connectivity index (χ3v) is 2.77. The Balaban J connectivity index is 2.13. The number of benzene rings is 1. The van der Waals surface area contributed by atoms with E-state index in [1.54, 1.807) is 24.3 Å². The number of aryl methyl sites for hydroxylation is 1. The van der Waals surface area contributed by atoms with E-state index in [1.165, 1.54) is 6.92 Å². The van der Waals surface area contributed by atoms with E-state index in [2.05, 4.69) is 15.3 Å². The van der Waals surface area contributed by atoms with Crippen LogP contribution in [0.2, 0.25) is 5.02 Å². The maximum absolute atomic E-state index is 11.9. The van der Waals surface area contributed by atoms with Crippen LogP contribution in [-0.4, -0.2) is 26.1 Å². The van der Waals surface area contributed by atoms with Gasteiger partial charge in [-0.25, -0.2) is 4.98 Å². The van der Waals surface area contributed by atoms with Gasteiger partial charge in [-0.2, -0.15) is 4.98 Å². The number of nitrogens with zero attached hydrogens (tertiary/aromatic N) is 2. The van der Waals surface area contributed by atoms with Gasteiger partial charge in [0.15, 0.2) is 5.69 Å². The van der Waals surface area contributed by atoms with Gasteiger partial charge in [0.1, 0.15) is 5.82 Å². The van der Waals surface area contributed by atoms with E-state index in [-0.39, 0.29) is 18.1 Å². The molecule has 1 amide bonds. The molecule has 1 aromatic carbocycles. The van der Waals surface area contributed by atoms with Crippen molar-refractivity contribution in [1.29, 1.82) is 0 Å². The van der Waals surface area contributed by atoms with Gasteiger partial charge in [-0.15, -0.1) is 0 Å². The summed E-state index contributed by atoms with van der Waals surface area (Å²) in [5.74, 6) is -1.68. The van der Waals surface area contributed by atoms with Gasteiger partial charge in [0, 0.05) is 11.6 Å². The lowest BCUT2D eigenvalue weighted by atomic mass is 10.2. The molecule has 1 aromatic heterocycles. The Labute approximate surface area is 120 Å². The zero-order valence-corrected chi connectivity index (χ0v) is 11.3. The molecule has 3 N–H and O–H groups in total. The molecule has 0 fully saturated rings. The van der Waals surface area contributed by atoms with E-state index in [0.717, 1.165) is 5.56 Å².